The molecule has 0 radical (unpaired) electrons. The normalized spacial score (nSPS) is 18.4. The smallest absolute Gasteiger partial charge is 0.308 e. The van der Waals surface area contributed by atoms with Crippen LogP contribution in [-0.2, 0) is 4.79 Å². The molecule has 0 spiro atoms. The van der Waals surface area contributed by atoms with E-state index in [9.17, 15) is 9.59 Å². The summed E-state index contributed by atoms with van der Waals surface area (Å²) in [6, 6.07) is 9.08. The van der Waals surface area contributed by atoms with Gasteiger partial charge in [-0.05, 0) is 24.6 Å². The van der Waals surface area contributed by atoms with Crippen molar-refractivity contribution in [2.45, 2.75) is 6.42 Å². The van der Waals surface area contributed by atoms with Crippen LogP contribution in [0.2, 0.25) is 0 Å². The van der Waals surface area contributed by atoms with Crippen LogP contribution in [0.5, 0.6) is 0 Å². The predicted molar refractivity (Wildman–Crippen MR) is 73.4 cm³/mol. The summed E-state index contributed by atoms with van der Waals surface area (Å²) in [5.74, 6) is -1.40. The Morgan fingerprint density at radius 2 is 2.10 bits per heavy atom. The van der Waals surface area contributed by atoms with Gasteiger partial charge in [-0.1, -0.05) is 12.1 Å². The zero-order valence-corrected chi connectivity index (χ0v) is 10.8. The first-order valence-electron chi connectivity index (χ1n) is 6.52. The van der Waals surface area contributed by atoms with Gasteiger partial charge in [0, 0.05) is 30.2 Å². The number of carbonyl (C=O) groups is 2. The van der Waals surface area contributed by atoms with Crippen LogP contribution in [0.4, 0.5) is 0 Å². The summed E-state index contributed by atoms with van der Waals surface area (Å²) in [7, 11) is 0. The lowest BCUT2D eigenvalue weighted by Gasteiger charge is -2.16. The molecule has 1 aromatic heterocycles. The lowest BCUT2D eigenvalue weighted by atomic mass is 10.1. The summed E-state index contributed by atoms with van der Waals surface area (Å²) < 4.78 is 0. The molecule has 0 bridgehead atoms. The van der Waals surface area contributed by atoms with Crippen molar-refractivity contribution in [1.29, 1.82) is 0 Å². The summed E-state index contributed by atoms with van der Waals surface area (Å²) in [5, 5.41) is 9.81. The molecule has 1 saturated heterocycles. The number of rotatable bonds is 2. The minimum Gasteiger partial charge on any atom is -0.481 e. The standard InChI is InChI=1S/C15H14N2O3/c18-14(17-8-6-10(9-17)15(19)20)12-3-1-5-13-11(12)4-2-7-16-13/h1-5,7,10H,6,8-9H2,(H,19,20). The second-order valence-electron chi connectivity index (χ2n) is 4.95. The molecule has 5 nitrogen and oxygen atoms in total. The van der Waals surface area contributed by atoms with E-state index >= 15 is 0 Å². The maximum Gasteiger partial charge on any atom is 0.308 e. The number of hydrogen-bond donors (Lipinski definition) is 1. The molecule has 5 heteroatoms. The number of pyridine rings is 1. The van der Waals surface area contributed by atoms with Crippen molar-refractivity contribution < 1.29 is 14.7 Å². The fourth-order valence-electron chi connectivity index (χ4n) is 2.61. The molecule has 1 N–H and O–H groups in total. The SMILES string of the molecule is O=C(O)C1CCN(C(=O)c2cccc3ncccc23)C1. The fourth-order valence-corrected chi connectivity index (χ4v) is 2.61. The highest BCUT2D eigenvalue weighted by molar-refractivity contribution is 6.06. The highest BCUT2D eigenvalue weighted by Crippen LogP contribution is 2.22. The zero-order chi connectivity index (χ0) is 14.1. The van der Waals surface area contributed by atoms with Gasteiger partial charge in [0.2, 0.25) is 0 Å². The van der Waals surface area contributed by atoms with E-state index in [1.807, 2.05) is 12.1 Å². The highest BCUT2D eigenvalue weighted by atomic mass is 16.4. The molecule has 2 aromatic rings. The second kappa shape index (κ2) is 4.92. The predicted octanol–water partition coefficient (Wildman–Crippen LogP) is 1.78. The van der Waals surface area contributed by atoms with E-state index in [4.69, 9.17) is 5.11 Å². The third kappa shape index (κ3) is 2.11. The Balaban J connectivity index is 1.92. The fraction of sp³-hybridized carbons (Fsp3) is 0.267. The molecule has 1 aliphatic heterocycles. The molecule has 3 rings (SSSR count). The third-order valence-corrected chi connectivity index (χ3v) is 3.70. The number of amides is 1. The van der Waals surface area contributed by atoms with Crippen molar-refractivity contribution in [2.75, 3.05) is 13.1 Å². The zero-order valence-electron chi connectivity index (χ0n) is 10.8. The van der Waals surface area contributed by atoms with Crippen LogP contribution in [0.25, 0.3) is 10.9 Å². The van der Waals surface area contributed by atoms with E-state index in [0.29, 0.717) is 18.5 Å². The summed E-state index contributed by atoms with van der Waals surface area (Å²) in [4.78, 5) is 29.3. The summed E-state index contributed by atoms with van der Waals surface area (Å²) >= 11 is 0. The number of benzene rings is 1. The molecule has 2 heterocycles. The van der Waals surface area contributed by atoms with E-state index in [2.05, 4.69) is 4.98 Å². The van der Waals surface area contributed by atoms with Crippen molar-refractivity contribution >= 4 is 22.8 Å². The van der Waals surface area contributed by atoms with Gasteiger partial charge in [-0.2, -0.15) is 0 Å². The first-order valence-corrected chi connectivity index (χ1v) is 6.52. The van der Waals surface area contributed by atoms with E-state index in [1.165, 1.54) is 0 Å². The van der Waals surface area contributed by atoms with Crippen LogP contribution in [0.1, 0.15) is 16.8 Å². The van der Waals surface area contributed by atoms with E-state index in [0.717, 1.165) is 10.9 Å². The summed E-state index contributed by atoms with van der Waals surface area (Å²) in [5.41, 5.74) is 1.36. The van der Waals surface area contributed by atoms with E-state index < -0.39 is 11.9 Å². The van der Waals surface area contributed by atoms with Gasteiger partial charge in [0.05, 0.1) is 11.4 Å². The molecule has 1 fully saturated rings. The van der Waals surface area contributed by atoms with Gasteiger partial charge in [0.15, 0.2) is 0 Å². The van der Waals surface area contributed by atoms with Gasteiger partial charge >= 0.3 is 5.97 Å². The second-order valence-corrected chi connectivity index (χ2v) is 4.95. The summed E-state index contributed by atoms with van der Waals surface area (Å²) in [6.07, 6.45) is 2.21. The first kappa shape index (κ1) is 12.6. The molecule has 1 unspecified atom stereocenters. The molecule has 1 aromatic carbocycles. The van der Waals surface area contributed by atoms with Crippen molar-refractivity contribution in [2.24, 2.45) is 5.92 Å². The van der Waals surface area contributed by atoms with Gasteiger partial charge in [0.1, 0.15) is 0 Å². The molecule has 1 aliphatic rings. The average Bonchev–Trinajstić information content (AvgIpc) is 2.96. The molecule has 1 amide bonds. The summed E-state index contributed by atoms with van der Waals surface area (Å²) in [6.45, 7) is 0.775. The van der Waals surface area contributed by atoms with Crippen LogP contribution >= 0.6 is 0 Å². The molecule has 102 valence electrons. The Hall–Kier alpha value is -2.43. The highest BCUT2D eigenvalue weighted by Gasteiger charge is 2.31. The molecule has 1 atom stereocenters. The number of aromatic nitrogens is 1. The van der Waals surface area contributed by atoms with Gasteiger partial charge in [0.25, 0.3) is 5.91 Å². The van der Waals surface area contributed by atoms with Gasteiger partial charge in [-0.25, -0.2) is 0 Å². The van der Waals surface area contributed by atoms with Crippen molar-refractivity contribution in [3.8, 4) is 0 Å². The number of likely N-dealkylation sites (tertiary alicyclic amines) is 1. The molecule has 0 aliphatic carbocycles. The topological polar surface area (TPSA) is 70.5 Å². The van der Waals surface area contributed by atoms with Crippen molar-refractivity contribution in [3.05, 3.63) is 42.1 Å². The minimum atomic E-state index is -0.833. The van der Waals surface area contributed by atoms with Gasteiger partial charge in [-0.15, -0.1) is 0 Å². The number of nitrogens with zero attached hydrogens (tertiary/aromatic N) is 2. The Morgan fingerprint density at radius 1 is 1.25 bits per heavy atom. The Labute approximate surface area is 115 Å². The van der Waals surface area contributed by atoms with Gasteiger partial charge in [-0.3, -0.25) is 14.6 Å². The van der Waals surface area contributed by atoms with Crippen LogP contribution in [-0.4, -0.2) is 40.0 Å². The maximum atomic E-state index is 12.5. The lowest BCUT2D eigenvalue weighted by molar-refractivity contribution is -0.141. The quantitative estimate of drug-likeness (QED) is 0.903. The molecule has 20 heavy (non-hydrogen) atoms. The molecular weight excluding hydrogens is 256 g/mol. The van der Waals surface area contributed by atoms with Crippen molar-refractivity contribution in [3.63, 3.8) is 0 Å². The molecular formula is C15H14N2O3. The van der Waals surface area contributed by atoms with Crippen LogP contribution in [0.15, 0.2) is 36.5 Å². The van der Waals surface area contributed by atoms with Crippen LogP contribution in [0, 0.1) is 5.92 Å². The van der Waals surface area contributed by atoms with Gasteiger partial charge < -0.3 is 10.0 Å². The maximum absolute atomic E-state index is 12.5. The number of aliphatic carboxylic acids is 1. The van der Waals surface area contributed by atoms with Crippen LogP contribution < -0.4 is 0 Å². The number of carbonyl (C=O) groups excluding carboxylic acids is 1. The Bertz CT molecular complexity index is 678. The third-order valence-electron chi connectivity index (χ3n) is 3.70. The minimum absolute atomic E-state index is 0.118. The van der Waals surface area contributed by atoms with E-state index in [1.54, 1.807) is 29.3 Å². The van der Waals surface area contributed by atoms with Crippen LogP contribution in [0.3, 0.4) is 0 Å². The lowest BCUT2D eigenvalue weighted by Crippen LogP contribution is -2.30. The number of carboxylic acids is 1. The Kier molecular flexibility index (Phi) is 3.10. The van der Waals surface area contributed by atoms with E-state index in [-0.39, 0.29) is 12.5 Å². The average molecular weight is 270 g/mol. The molecule has 0 saturated carbocycles. The largest absolute Gasteiger partial charge is 0.481 e. The number of fused-ring (bicyclic) bond motifs is 1. The number of carboxylic acid groups (broad SMARTS) is 1. The number of hydrogen-bond acceptors (Lipinski definition) is 3. The monoisotopic (exact) mass is 270 g/mol. The Morgan fingerprint density at radius 3 is 2.85 bits per heavy atom. The van der Waals surface area contributed by atoms with Crippen molar-refractivity contribution in [1.82, 2.24) is 9.88 Å². The first-order chi connectivity index (χ1) is 9.66.